The van der Waals surface area contributed by atoms with Gasteiger partial charge >= 0.3 is 0 Å². The molecule has 0 radical (unpaired) electrons. The number of unbranched alkanes of at least 4 members (excludes halogenated alkanes) is 1. The Morgan fingerprint density at radius 2 is 1.84 bits per heavy atom. The van der Waals surface area contributed by atoms with E-state index in [-0.39, 0.29) is 17.7 Å². The quantitative estimate of drug-likeness (QED) is 0.678. The van der Waals surface area contributed by atoms with E-state index in [9.17, 15) is 14.0 Å². The maximum absolute atomic E-state index is 13.3. The third-order valence-corrected chi connectivity index (χ3v) is 6.91. The topological polar surface area (TPSA) is 66.7 Å². The Morgan fingerprint density at radius 3 is 2.61 bits per heavy atom. The van der Waals surface area contributed by atoms with Crippen LogP contribution in [-0.4, -0.2) is 51.9 Å². The molecule has 0 aromatic carbocycles. The minimum Gasteiger partial charge on any atom is -0.352 e. The number of alkyl halides is 1. The van der Waals surface area contributed by atoms with Crippen molar-refractivity contribution in [2.45, 2.75) is 64.0 Å². The number of carbonyl (C=O) groups is 2. The fourth-order valence-corrected chi connectivity index (χ4v) is 4.92. The number of rotatable bonds is 7. The molecule has 0 bridgehead atoms. The van der Waals surface area contributed by atoms with Crippen LogP contribution in [0.1, 0.15) is 68.1 Å². The van der Waals surface area contributed by atoms with Crippen LogP contribution >= 0.6 is 0 Å². The lowest BCUT2D eigenvalue weighted by atomic mass is 9.85. The number of hydrogen-bond donors (Lipinski definition) is 1. The average molecular weight is 429 g/mol. The highest BCUT2D eigenvalue weighted by Gasteiger charge is 2.31. The van der Waals surface area contributed by atoms with Crippen molar-refractivity contribution in [2.24, 2.45) is 11.8 Å². The molecular weight excluding hydrogens is 395 g/mol. The van der Waals surface area contributed by atoms with Gasteiger partial charge in [-0.3, -0.25) is 9.59 Å². The van der Waals surface area contributed by atoms with E-state index in [0.717, 1.165) is 50.8 Å². The monoisotopic (exact) mass is 428 g/mol. The zero-order valence-corrected chi connectivity index (χ0v) is 18.1. The number of amides is 2. The number of aromatic nitrogens is 2. The molecule has 0 spiro atoms. The van der Waals surface area contributed by atoms with Gasteiger partial charge in [-0.25, -0.2) is 9.37 Å². The standard InChI is InChI=1S/C24H33FN4O2/c25-21-7-4-19(5-8-21)24(31)28-14-10-18(11-15-28)3-1-2-12-27-23(30)20-6-9-22-26-13-16-29(22)17-20/h6,9,13,16-19,21H,1-5,7-8,10-12,14-15H2,(H,27,30). The molecule has 2 aromatic heterocycles. The van der Waals surface area contributed by atoms with Crippen LogP contribution in [0.15, 0.2) is 30.7 Å². The molecule has 0 unspecified atom stereocenters. The summed E-state index contributed by atoms with van der Waals surface area (Å²) in [7, 11) is 0. The fourth-order valence-electron chi connectivity index (χ4n) is 4.92. The van der Waals surface area contributed by atoms with Crippen LogP contribution in [0.25, 0.3) is 5.65 Å². The average Bonchev–Trinajstić information content (AvgIpc) is 3.27. The summed E-state index contributed by atoms with van der Waals surface area (Å²) in [5.74, 6) is 0.901. The van der Waals surface area contributed by atoms with Crippen molar-refractivity contribution in [3.05, 3.63) is 36.3 Å². The summed E-state index contributed by atoms with van der Waals surface area (Å²) in [4.78, 5) is 31.2. The lowest BCUT2D eigenvalue weighted by Crippen LogP contribution is -2.42. The van der Waals surface area contributed by atoms with Gasteiger partial charge in [-0.2, -0.15) is 0 Å². The first-order chi connectivity index (χ1) is 15.1. The van der Waals surface area contributed by atoms with Gasteiger partial charge in [0.1, 0.15) is 11.8 Å². The van der Waals surface area contributed by atoms with Gasteiger partial charge in [0.2, 0.25) is 5.91 Å². The van der Waals surface area contributed by atoms with Gasteiger partial charge in [-0.05, 0) is 63.0 Å². The first-order valence-electron chi connectivity index (χ1n) is 11.7. The van der Waals surface area contributed by atoms with E-state index < -0.39 is 6.17 Å². The van der Waals surface area contributed by atoms with Crippen LogP contribution in [0.5, 0.6) is 0 Å². The zero-order chi connectivity index (χ0) is 21.6. The smallest absolute Gasteiger partial charge is 0.252 e. The minimum absolute atomic E-state index is 0.0432. The zero-order valence-electron chi connectivity index (χ0n) is 18.1. The lowest BCUT2D eigenvalue weighted by Gasteiger charge is -2.35. The predicted molar refractivity (Wildman–Crippen MR) is 118 cm³/mol. The SMILES string of the molecule is O=C(NCCCCC1CCN(C(=O)C2CCC(F)CC2)CC1)c1ccc2nccn2c1. The molecule has 1 N–H and O–H groups in total. The first-order valence-corrected chi connectivity index (χ1v) is 11.7. The van der Waals surface area contributed by atoms with Crippen LogP contribution in [0, 0.1) is 11.8 Å². The van der Waals surface area contributed by atoms with Crippen molar-refractivity contribution in [3.8, 4) is 0 Å². The predicted octanol–water partition coefficient (Wildman–Crippen LogP) is 4.00. The molecule has 2 fully saturated rings. The summed E-state index contributed by atoms with van der Waals surface area (Å²) in [5, 5.41) is 3.00. The number of nitrogens with zero attached hydrogens (tertiary/aromatic N) is 3. The molecule has 1 saturated heterocycles. The van der Waals surface area contributed by atoms with Crippen molar-refractivity contribution in [1.82, 2.24) is 19.6 Å². The first kappa shape index (κ1) is 21.8. The van der Waals surface area contributed by atoms with Crippen LogP contribution in [0.3, 0.4) is 0 Å². The van der Waals surface area contributed by atoms with E-state index in [0.29, 0.717) is 43.7 Å². The van der Waals surface area contributed by atoms with E-state index in [1.165, 1.54) is 0 Å². The normalized spacial score (nSPS) is 22.5. The number of pyridine rings is 1. The number of hydrogen-bond acceptors (Lipinski definition) is 3. The largest absolute Gasteiger partial charge is 0.352 e. The summed E-state index contributed by atoms with van der Waals surface area (Å²) in [6, 6.07) is 3.65. The molecule has 1 aliphatic heterocycles. The second-order valence-corrected chi connectivity index (χ2v) is 9.08. The number of fused-ring (bicyclic) bond motifs is 1. The summed E-state index contributed by atoms with van der Waals surface area (Å²) in [6.07, 6.45) is 12.5. The van der Waals surface area contributed by atoms with E-state index >= 15 is 0 Å². The van der Waals surface area contributed by atoms with E-state index in [1.807, 2.05) is 21.6 Å². The Hall–Kier alpha value is -2.44. The summed E-state index contributed by atoms with van der Waals surface area (Å²) >= 11 is 0. The highest BCUT2D eigenvalue weighted by Crippen LogP contribution is 2.30. The van der Waals surface area contributed by atoms with E-state index in [1.54, 1.807) is 18.5 Å². The fraction of sp³-hybridized carbons (Fsp3) is 0.625. The van der Waals surface area contributed by atoms with Crippen LogP contribution in [0.2, 0.25) is 0 Å². The van der Waals surface area contributed by atoms with Gasteiger partial charge in [0, 0.05) is 44.1 Å². The Kier molecular flexibility index (Phi) is 7.20. The van der Waals surface area contributed by atoms with Gasteiger partial charge in [-0.1, -0.05) is 12.8 Å². The maximum Gasteiger partial charge on any atom is 0.252 e. The van der Waals surface area contributed by atoms with Gasteiger partial charge < -0.3 is 14.6 Å². The van der Waals surface area contributed by atoms with Crippen molar-refractivity contribution < 1.29 is 14.0 Å². The van der Waals surface area contributed by atoms with E-state index in [4.69, 9.17) is 0 Å². The third-order valence-electron chi connectivity index (χ3n) is 6.91. The molecule has 0 atom stereocenters. The second kappa shape index (κ2) is 10.2. The molecule has 2 aliphatic rings. The summed E-state index contributed by atoms with van der Waals surface area (Å²) in [5.41, 5.74) is 1.47. The van der Waals surface area contributed by atoms with E-state index in [2.05, 4.69) is 10.3 Å². The molecular formula is C24H33FN4O2. The van der Waals surface area contributed by atoms with Gasteiger partial charge in [0.25, 0.3) is 5.91 Å². The highest BCUT2D eigenvalue weighted by molar-refractivity contribution is 5.94. The molecule has 1 saturated carbocycles. The summed E-state index contributed by atoms with van der Waals surface area (Å²) in [6.45, 7) is 2.36. The Bertz CT molecular complexity index is 883. The van der Waals surface area contributed by atoms with Crippen LogP contribution in [0.4, 0.5) is 4.39 Å². The molecule has 3 heterocycles. The van der Waals surface area contributed by atoms with Crippen molar-refractivity contribution >= 4 is 17.5 Å². The van der Waals surface area contributed by atoms with Crippen molar-refractivity contribution in [2.75, 3.05) is 19.6 Å². The number of halogens is 1. The molecule has 2 aromatic rings. The van der Waals surface area contributed by atoms with Crippen molar-refractivity contribution in [1.29, 1.82) is 0 Å². The molecule has 1 aliphatic carbocycles. The minimum atomic E-state index is -0.708. The number of nitrogens with one attached hydrogen (secondary N) is 1. The van der Waals surface area contributed by atoms with Crippen LogP contribution in [-0.2, 0) is 4.79 Å². The molecule has 2 amide bonds. The third kappa shape index (κ3) is 5.63. The molecule has 31 heavy (non-hydrogen) atoms. The van der Waals surface area contributed by atoms with Gasteiger partial charge in [0.05, 0.1) is 5.56 Å². The van der Waals surface area contributed by atoms with Crippen LogP contribution < -0.4 is 5.32 Å². The maximum atomic E-state index is 13.3. The van der Waals surface area contributed by atoms with Gasteiger partial charge in [0.15, 0.2) is 0 Å². The highest BCUT2D eigenvalue weighted by atomic mass is 19.1. The number of carbonyl (C=O) groups excluding carboxylic acids is 2. The molecule has 168 valence electrons. The molecule has 6 nitrogen and oxygen atoms in total. The Labute approximate surface area is 183 Å². The number of likely N-dealkylation sites (tertiary alicyclic amines) is 1. The lowest BCUT2D eigenvalue weighted by molar-refractivity contribution is -0.138. The molecule has 4 rings (SSSR count). The number of imidazole rings is 1. The Balaban J connectivity index is 1.10. The summed E-state index contributed by atoms with van der Waals surface area (Å²) < 4.78 is 15.2. The van der Waals surface area contributed by atoms with Gasteiger partial charge in [-0.15, -0.1) is 0 Å². The molecule has 7 heteroatoms. The second-order valence-electron chi connectivity index (χ2n) is 9.08. The Morgan fingerprint density at radius 1 is 1.06 bits per heavy atom. The number of piperidine rings is 1. The van der Waals surface area contributed by atoms with Crippen molar-refractivity contribution in [3.63, 3.8) is 0 Å².